The first-order valence-electron chi connectivity index (χ1n) is 6.69. The Hall–Kier alpha value is -1.65. The van der Waals surface area contributed by atoms with Crippen LogP contribution in [0.1, 0.15) is 49.5 Å². The van der Waals surface area contributed by atoms with E-state index in [1.54, 1.807) is 6.33 Å². The molecule has 18 heavy (non-hydrogen) atoms. The van der Waals surface area contributed by atoms with Crippen LogP contribution in [0, 0.1) is 6.92 Å². The molecular weight excluding hydrogens is 226 g/mol. The summed E-state index contributed by atoms with van der Waals surface area (Å²) in [4.78, 5) is 9.00. The molecule has 2 heterocycles. The van der Waals surface area contributed by atoms with Gasteiger partial charge < -0.3 is 5.32 Å². The third-order valence-corrected chi connectivity index (χ3v) is 3.84. The molecule has 0 aromatic carbocycles. The quantitative estimate of drug-likeness (QED) is 0.883. The van der Waals surface area contributed by atoms with Crippen LogP contribution in [0.15, 0.2) is 6.33 Å². The van der Waals surface area contributed by atoms with E-state index in [0.717, 1.165) is 22.9 Å². The molecule has 2 aromatic heterocycles. The molecule has 5 heteroatoms. The molecule has 1 N–H and O–H groups in total. The average molecular weight is 245 g/mol. The summed E-state index contributed by atoms with van der Waals surface area (Å²) in [6, 6.07) is 0. The molecule has 1 aliphatic rings. The molecule has 5 nitrogen and oxygen atoms in total. The Morgan fingerprint density at radius 2 is 2.06 bits per heavy atom. The van der Waals surface area contributed by atoms with Crippen LogP contribution in [0.5, 0.6) is 0 Å². The van der Waals surface area contributed by atoms with Crippen LogP contribution in [0.2, 0.25) is 0 Å². The summed E-state index contributed by atoms with van der Waals surface area (Å²) in [5.41, 5.74) is 2.03. The van der Waals surface area contributed by atoms with Gasteiger partial charge in [-0.25, -0.2) is 14.5 Å². The zero-order chi connectivity index (χ0) is 12.5. The van der Waals surface area contributed by atoms with E-state index in [0.29, 0.717) is 5.92 Å². The zero-order valence-electron chi connectivity index (χ0n) is 11.0. The van der Waals surface area contributed by atoms with Crippen LogP contribution in [-0.4, -0.2) is 26.6 Å². The Balaban J connectivity index is 2.12. The van der Waals surface area contributed by atoms with Crippen LogP contribution in [0.3, 0.4) is 0 Å². The molecule has 96 valence electrons. The van der Waals surface area contributed by atoms with Crippen molar-refractivity contribution in [3.63, 3.8) is 0 Å². The predicted molar refractivity (Wildman–Crippen MR) is 70.9 cm³/mol. The van der Waals surface area contributed by atoms with Crippen LogP contribution in [-0.2, 0) is 0 Å². The summed E-state index contributed by atoms with van der Waals surface area (Å²) in [7, 11) is 1.88. The van der Waals surface area contributed by atoms with Gasteiger partial charge in [-0.05, 0) is 19.8 Å². The number of nitrogens with one attached hydrogen (secondary N) is 1. The second-order valence-corrected chi connectivity index (χ2v) is 5.01. The minimum atomic E-state index is 0.555. The van der Waals surface area contributed by atoms with Crippen molar-refractivity contribution in [2.24, 2.45) is 0 Å². The number of hydrogen-bond donors (Lipinski definition) is 1. The first-order valence-corrected chi connectivity index (χ1v) is 6.69. The minimum Gasteiger partial charge on any atom is -0.371 e. The summed E-state index contributed by atoms with van der Waals surface area (Å²) >= 11 is 0. The van der Waals surface area contributed by atoms with Gasteiger partial charge in [0.2, 0.25) is 0 Å². The van der Waals surface area contributed by atoms with E-state index in [1.165, 1.54) is 32.1 Å². The Labute approximate surface area is 107 Å². The van der Waals surface area contributed by atoms with Crippen molar-refractivity contribution in [2.75, 3.05) is 12.4 Å². The molecule has 0 bridgehead atoms. The van der Waals surface area contributed by atoms with Crippen LogP contribution in [0.25, 0.3) is 5.52 Å². The summed E-state index contributed by atoms with van der Waals surface area (Å²) in [5.74, 6) is 2.53. The molecule has 1 saturated carbocycles. The van der Waals surface area contributed by atoms with E-state index in [-0.39, 0.29) is 0 Å². The van der Waals surface area contributed by atoms with Crippen molar-refractivity contribution >= 4 is 11.3 Å². The fourth-order valence-corrected chi connectivity index (χ4v) is 2.93. The number of aromatic nitrogens is 4. The average Bonchev–Trinajstić information content (AvgIpc) is 2.77. The van der Waals surface area contributed by atoms with Gasteiger partial charge in [-0.15, -0.1) is 0 Å². The molecule has 0 unspecified atom stereocenters. The van der Waals surface area contributed by atoms with Gasteiger partial charge in [-0.1, -0.05) is 19.3 Å². The lowest BCUT2D eigenvalue weighted by Crippen LogP contribution is -2.10. The molecule has 0 atom stereocenters. The molecule has 2 aromatic rings. The fourth-order valence-electron chi connectivity index (χ4n) is 2.93. The van der Waals surface area contributed by atoms with E-state index in [9.17, 15) is 0 Å². The highest BCUT2D eigenvalue weighted by atomic mass is 15.3. The highest BCUT2D eigenvalue weighted by molar-refractivity contribution is 5.70. The molecule has 1 fully saturated rings. The van der Waals surface area contributed by atoms with Crippen LogP contribution >= 0.6 is 0 Å². The number of imidazole rings is 1. The van der Waals surface area contributed by atoms with E-state index in [2.05, 4.69) is 15.4 Å². The van der Waals surface area contributed by atoms with Crippen molar-refractivity contribution in [1.82, 2.24) is 19.6 Å². The number of nitrogens with zero attached hydrogens (tertiary/aromatic N) is 4. The Morgan fingerprint density at radius 1 is 1.28 bits per heavy atom. The van der Waals surface area contributed by atoms with Gasteiger partial charge in [0.1, 0.15) is 17.7 Å². The normalized spacial score (nSPS) is 17.2. The van der Waals surface area contributed by atoms with Crippen molar-refractivity contribution < 1.29 is 0 Å². The van der Waals surface area contributed by atoms with Gasteiger partial charge in [0, 0.05) is 13.0 Å². The number of anilines is 1. The van der Waals surface area contributed by atoms with E-state index < -0.39 is 0 Å². The lowest BCUT2D eigenvalue weighted by molar-refractivity contribution is 0.423. The summed E-state index contributed by atoms with van der Waals surface area (Å²) in [5, 5.41) is 7.50. The standard InChI is InChI=1S/C13H19N5/c1-9-11-12(14-2)15-8-16-18(11)13(17-9)10-6-4-3-5-7-10/h8,10H,3-7H2,1-2H3,(H,14,15,16). The molecule has 0 radical (unpaired) electrons. The van der Waals surface area contributed by atoms with E-state index >= 15 is 0 Å². The maximum absolute atomic E-state index is 4.74. The molecular formula is C13H19N5. The Bertz CT molecular complexity index is 554. The van der Waals surface area contributed by atoms with Crippen LogP contribution in [0.4, 0.5) is 5.82 Å². The fraction of sp³-hybridized carbons (Fsp3) is 0.615. The Morgan fingerprint density at radius 3 is 2.78 bits per heavy atom. The second kappa shape index (κ2) is 4.55. The van der Waals surface area contributed by atoms with Gasteiger partial charge in [0.15, 0.2) is 5.82 Å². The second-order valence-electron chi connectivity index (χ2n) is 5.01. The monoisotopic (exact) mass is 245 g/mol. The maximum atomic E-state index is 4.74. The number of hydrogen-bond acceptors (Lipinski definition) is 4. The van der Waals surface area contributed by atoms with Crippen LogP contribution < -0.4 is 5.32 Å². The molecule has 0 spiro atoms. The SMILES string of the molecule is CNc1ncnn2c(C3CCCCC3)nc(C)c12. The summed E-state index contributed by atoms with van der Waals surface area (Å²) in [6.07, 6.45) is 8.04. The molecule has 0 amide bonds. The Kier molecular flexibility index (Phi) is 2.89. The number of aryl methyl sites for hydroxylation is 1. The van der Waals surface area contributed by atoms with Gasteiger partial charge in [-0.3, -0.25) is 0 Å². The largest absolute Gasteiger partial charge is 0.371 e. The molecule has 0 aliphatic heterocycles. The number of fused-ring (bicyclic) bond motifs is 1. The first-order chi connectivity index (χ1) is 8.81. The summed E-state index contributed by atoms with van der Waals surface area (Å²) < 4.78 is 1.98. The van der Waals surface area contributed by atoms with Gasteiger partial charge >= 0.3 is 0 Å². The lowest BCUT2D eigenvalue weighted by Gasteiger charge is -2.19. The maximum Gasteiger partial charge on any atom is 0.155 e. The molecule has 3 rings (SSSR count). The third kappa shape index (κ3) is 1.74. The number of rotatable bonds is 2. The van der Waals surface area contributed by atoms with Gasteiger partial charge in [-0.2, -0.15) is 5.10 Å². The van der Waals surface area contributed by atoms with Gasteiger partial charge in [0.25, 0.3) is 0 Å². The van der Waals surface area contributed by atoms with Crippen molar-refractivity contribution in [1.29, 1.82) is 0 Å². The predicted octanol–water partition coefficient (Wildman–Crippen LogP) is 2.52. The highest BCUT2D eigenvalue weighted by Crippen LogP contribution is 2.33. The van der Waals surface area contributed by atoms with Crippen molar-refractivity contribution in [3.05, 3.63) is 17.8 Å². The van der Waals surface area contributed by atoms with E-state index in [1.807, 2.05) is 18.5 Å². The lowest BCUT2D eigenvalue weighted by atomic mass is 9.89. The molecule has 1 aliphatic carbocycles. The smallest absolute Gasteiger partial charge is 0.155 e. The zero-order valence-corrected chi connectivity index (χ0v) is 11.0. The topological polar surface area (TPSA) is 55.1 Å². The minimum absolute atomic E-state index is 0.555. The van der Waals surface area contributed by atoms with E-state index in [4.69, 9.17) is 4.98 Å². The molecule has 0 saturated heterocycles. The van der Waals surface area contributed by atoms with Crippen molar-refractivity contribution in [3.8, 4) is 0 Å². The highest BCUT2D eigenvalue weighted by Gasteiger charge is 2.23. The van der Waals surface area contributed by atoms with Gasteiger partial charge in [0.05, 0.1) is 5.69 Å². The first kappa shape index (κ1) is 11.4. The third-order valence-electron chi connectivity index (χ3n) is 3.84. The summed E-state index contributed by atoms with van der Waals surface area (Å²) in [6.45, 7) is 2.03. The van der Waals surface area contributed by atoms with Crippen molar-refractivity contribution in [2.45, 2.75) is 44.9 Å².